The van der Waals surface area contributed by atoms with Gasteiger partial charge in [0.2, 0.25) is 0 Å². The number of pyridine rings is 1. The molecule has 104 valence electrons. The Morgan fingerprint density at radius 2 is 1.75 bits per heavy atom. The molecule has 1 unspecified atom stereocenters. The molecule has 0 saturated carbocycles. The van der Waals surface area contributed by atoms with Crippen molar-refractivity contribution in [2.24, 2.45) is 0 Å². The summed E-state index contributed by atoms with van der Waals surface area (Å²) in [6.45, 7) is 5.32. The van der Waals surface area contributed by atoms with E-state index < -0.39 is 11.9 Å². The molecule has 20 heavy (non-hydrogen) atoms. The molecule has 0 aliphatic rings. The number of rotatable bonds is 4. The van der Waals surface area contributed by atoms with Crippen LogP contribution in [0.2, 0.25) is 0 Å². The molecule has 2 aromatic heterocycles. The number of carboxylic acid groups (broad SMARTS) is 1. The highest BCUT2D eigenvalue weighted by Crippen LogP contribution is 2.22. The minimum absolute atomic E-state index is 0.593. The number of aliphatic carboxylic acids is 1. The number of carboxylic acids is 1. The molecular weight excluding hydrogens is 254 g/mol. The fourth-order valence-electron chi connectivity index (χ4n) is 2.31. The highest BCUT2D eigenvalue weighted by Gasteiger charge is 2.20. The molecule has 0 bridgehead atoms. The SMILES string of the molecule is Cc1nc(Cc2ccncc2)nc(C)c1C(C)C(=O)O. The van der Waals surface area contributed by atoms with Gasteiger partial charge in [-0.3, -0.25) is 9.78 Å². The van der Waals surface area contributed by atoms with Crippen LogP contribution in [0.5, 0.6) is 0 Å². The molecule has 0 fully saturated rings. The van der Waals surface area contributed by atoms with E-state index in [9.17, 15) is 4.79 Å². The summed E-state index contributed by atoms with van der Waals surface area (Å²) in [6.07, 6.45) is 4.08. The minimum Gasteiger partial charge on any atom is -0.481 e. The maximum Gasteiger partial charge on any atom is 0.310 e. The first-order valence-electron chi connectivity index (χ1n) is 6.44. The molecule has 2 heterocycles. The zero-order chi connectivity index (χ0) is 14.7. The van der Waals surface area contributed by atoms with Crippen LogP contribution >= 0.6 is 0 Å². The highest BCUT2D eigenvalue weighted by atomic mass is 16.4. The van der Waals surface area contributed by atoms with Crippen molar-refractivity contribution < 1.29 is 9.90 Å². The smallest absolute Gasteiger partial charge is 0.310 e. The summed E-state index contributed by atoms with van der Waals surface area (Å²) in [5.74, 6) is -0.751. The zero-order valence-corrected chi connectivity index (χ0v) is 11.8. The van der Waals surface area contributed by atoms with Crippen LogP contribution in [-0.2, 0) is 11.2 Å². The molecule has 1 N–H and O–H groups in total. The molecule has 2 rings (SSSR count). The van der Waals surface area contributed by atoms with Gasteiger partial charge in [0.1, 0.15) is 5.82 Å². The molecular formula is C15H17N3O2. The lowest BCUT2D eigenvalue weighted by molar-refractivity contribution is -0.138. The van der Waals surface area contributed by atoms with Gasteiger partial charge in [0.05, 0.1) is 5.92 Å². The largest absolute Gasteiger partial charge is 0.481 e. The normalized spacial score (nSPS) is 12.2. The van der Waals surface area contributed by atoms with Crippen molar-refractivity contribution in [1.29, 1.82) is 0 Å². The summed E-state index contributed by atoms with van der Waals surface area (Å²) in [6, 6.07) is 3.84. The third-order valence-corrected chi connectivity index (χ3v) is 3.29. The molecule has 0 amide bonds. The second-order valence-corrected chi connectivity index (χ2v) is 4.82. The average molecular weight is 271 g/mol. The van der Waals surface area contributed by atoms with E-state index in [4.69, 9.17) is 5.11 Å². The Kier molecular flexibility index (Phi) is 4.08. The van der Waals surface area contributed by atoms with Gasteiger partial charge in [-0.05, 0) is 38.5 Å². The predicted octanol–water partition coefficient (Wildman–Crippen LogP) is 2.27. The van der Waals surface area contributed by atoms with Crippen LogP contribution in [0.15, 0.2) is 24.5 Å². The lowest BCUT2D eigenvalue weighted by Crippen LogP contribution is -2.14. The standard InChI is InChI=1S/C15H17N3O2/c1-9(15(19)20)14-10(2)17-13(18-11(14)3)8-12-4-6-16-7-5-12/h4-7,9H,8H2,1-3H3,(H,19,20). The van der Waals surface area contributed by atoms with Gasteiger partial charge in [0.25, 0.3) is 0 Å². The van der Waals surface area contributed by atoms with E-state index in [0.29, 0.717) is 17.8 Å². The van der Waals surface area contributed by atoms with Crippen LogP contribution in [0, 0.1) is 13.8 Å². The Morgan fingerprint density at radius 3 is 2.25 bits per heavy atom. The fraction of sp³-hybridized carbons (Fsp3) is 0.333. The third kappa shape index (κ3) is 2.99. The van der Waals surface area contributed by atoms with E-state index in [0.717, 1.165) is 17.0 Å². The summed E-state index contributed by atoms with van der Waals surface area (Å²) in [4.78, 5) is 24.0. The summed E-state index contributed by atoms with van der Waals surface area (Å²) >= 11 is 0. The van der Waals surface area contributed by atoms with Crippen molar-refractivity contribution in [1.82, 2.24) is 15.0 Å². The number of carbonyl (C=O) groups is 1. The van der Waals surface area contributed by atoms with Gasteiger partial charge in [-0.1, -0.05) is 0 Å². The molecule has 5 heteroatoms. The van der Waals surface area contributed by atoms with E-state index in [-0.39, 0.29) is 0 Å². The second-order valence-electron chi connectivity index (χ2n) is 4.82. The second kappa shape index (κ2) is 5.77. The Balaban J connectivity index is 2.33. The Labute approximate surface area is 117 Å². The van der Waals surface area contributed by atoms with Crippen molar-refractivity contribution in [3.05, 3.63) is 52.9 Å². The Morgan fingerprint density at radius 1 is 1.20 bits per heavy atom. The van der Waals surface area contributed by atoms with Gasteiger partial charge in [-0.15, -0.1) is 0 Å². The van der Waals surface area contributed by atoms with E-state index >= 15 is 0 Å². The molecule has 0 spiro atoms. The number of aromatic nitrogens is 3. The number of aryl methyl sites for hydroxylation is 2. The van der Waals surface area contributed by atoms with Gasteiger partial charge >= 0.3 is 5.97 Å². The van der Waals surface area contributed by atoms with Crippen LogP contribution in [-0.4, -0.2) is 26.0 Å². The first-order chi connectivity index (χ1) is 9.49. The van der Waals surface area contributed by atoms with Crippen molar-refractivity contribution in [3.63, 3.8) is 0 Å². The van der Waals surface area contributed by atoms with Crippen molar-refractivity contribution in [2.75, 3.05) is 0 Å². The topological polar surface area (TPSA) is 76.0 Å². The van der Waals surface area contributed by atoms with Crippen molar-refractivity contribution in [3.8, 4) is 0 Å². The summed E-state index contributed by atoms with van der Waals surface area (Å²) in [5.41, 5.74) is 3.25. The predicted molar refractivity (Wildman–Crippen MR) is 74.6 cm³/mol. The van der Waals surface area contributed by atoms with Crippen molar-refractivity contribution >= 4 is 5.97 Å². The number of nitrogens with zero attached hydrogens (tertiary/aromatic N) is 3. The van der Waals surface area contributed by atoms with E-state index in [1.807, 2.05) is 26.0 Å². The van der Waals surface area contributed by atoms with Crippen LogP contribution in [0.4, 0.5) is 0 Å². The van der Waals surface area contributed by atoms with Crippen LogP contribution < -0.4 is 0 Å². The Hall–Kier alpha value is -2.30. The number of hydrogen-bond donors (Lipinski definition) is 1. The minimum atomic E-state index is -0.860. The molecule has 2 aromatic rings. The lowest BCUT2D eigenvalue weighted by atomic mass is 9.98. The molecule has 5 nitrogen and oxygen atoms in total. The summed E-state index contributed by atoms with van der Waals surface area (Å²) < 4.78 is 0. The average Bonchev–Trinajstić information content (AvgIpc) is 2.38. The molecule has 0 saturated heterocycles. The summed E-state index contributed by atoms with van der Waals surface area (Å²) in [5, 5.41) is 9.13. The number of hydrogen-bond acceptors (Lipinski definition) is 4. The van der Waals surface area contributed by atoms with E-state index in [1.54, 1.807) is 19.3 Å². The van der Waals surface area contributed by atoms with Crippen LogP contribution in [0.25, 0.3) is 0 Å². The van der Waals surface area contributed by atoms with Crippen LogP contribution in [0.1, 0.15) is 41.2 Å². The molecule has 0 aliphatic carbocycles. The van der Waals surface area contributed by atoms with Gasteiger partial charge in [-0.2, -0.15) is 0 Å². The fourth-order valence-corrected chi connectivity index (χ4v) is 2.31. The summed E-state index contributed by atoms with van der Waals surface area (Å²) in [7, 11) is 0. The maximum absolute atomic E-state index is 11.1. The molecule has 1 atom stereocenters. The van der Waals surface area contributed by atoms with E-state index in [2.05, 4.69) is 15.0 Å². The van der Waals surface area contributed by atoms with Crippen LogP contribution in [0.3, 0.4) is 0 Å². The zero-order valence-electron chi connectivity index (χ0n) is 11.8. The van der Waals surface area contributed by atoms with Gasteiger partial charge < -0.3 is 5.11 Å². The molecule has 0 radical (unpaired) electrons. The highest BCUT2D eigenvalue weighted by molar-refractivity contribution is 5.76. The maximum atomic E-state index is 11.1. The molecule has 0 aliphatic heterocycles. The Bertz CT molecular complexity index is 603. The lowest BCUT2D eigenvalue weighted by Gasteiger charge is -2.14. The molecule has 0 aromatic carbocycles. The quantitative estimate of drug-likeness (QED) is 0.923. The van der Waals surface area contributed by atoms with Gasteiger partial charge in [0.15, 0.2) is 0 Å². The van der Waals surface area contributed by atoms with Gasteiger partial charge in [-0.25, -0.2) is 9.97 Å². The van der Waals surface area contributed by atoms with Crippen molar-refractivity contribution in [2.45, 2.75) is 33.1 Å². The third-order valence-electron chi connectivity index (χ3n) is 3.29. The van der Waals surface area contributed by atoms with Gasteiger partial charge in [0, 0.05) is 35.8 Å². The first-order valence-corrected chi connectivity index (χ1v) is 6.44. The first kappa shape index (κ1) is 14.1. The van der Waals surface area contributed by atoms with E-state index in [1.165, 1.54) is 0 Å². The monoisotopic (exact) mass is 271 g/mol.